The Morgan fingerprint density at radius 2 is 1.61 bits per heavy atom. The number of amides is 1. The van der Waals surface area contributed by atoms with Gasteiger partial charge in [-0.25, -0.2) is 13.2 Å². The predicted molar refractivity (Wildman–Crippen MR) is 119 cm³/mol. The van der Waals surface area contributed by atoms with Gasteiger partial charge >= 0.3 is 5.97 Å². The van der Waals surface area contributed by atoms with Gasteiger partial charge in [-0.1, -0.05) is 35.9 Å². The molecule has 0 unspecified atom stereocenters. The van der Waals surface area contributed by atoms with Crippen molar-refractivity contribution in [2.45, 2.75) is 11.8 Å². The minimum absolute atomic E-state index is 0.0238. The molecule has 9 heteroatoms. The number of benzene rings is 3. The number of nitrogens with one attached hydrogen (secondary N) is 2. The van der Waals surface area contributed by atoms with Gasteiger partial charge in [-0.05, 0) is 55.5 Å². The van der Waals surface area contributed by atoms with Crippen LogP contribution in [0.3, 0.4) is 0 Å². The third kappa shape index (κ3) is 5.62. The molecule has 0 aromatic heterocycles. The topological polar surface area (TPSA) is 102 Å². The molecule has 3 rings (SSSR count). The number of para-hydroxylation sites is 1. The van der Waals surface area contributed by atoms with Gasteiger partial charge in [0.15, 0.2) is 0 Å². The van der Waals surface area contributed by atoms with Crippen LogP contribution in [0.5, 0.6) is 0 Å². The normalized spacial score (nSPS) is 10.9. The van der Waals surface area contributed by atoms with E-state index >= 15 is 0 Å². The van der Waals surface area contributed by atoms with Gasteiger partial charge in [-0.3, -0.25) is 9.52 Å². The summed E-state index contributed by atoms with van der Waals surface area (Å²) in [6.07, 6.45) is 0. The number of hydrogen-bond acceptors (Lipinski definition) is 5. The molecule has 2 N–H and O–H groups in total. The lowest BCUT2D eigenvalue weighted by atomic mass is 10.1. The van der Waals surface area contributed by atoms with E-state index in [0.29, 0.717) is 11.4 Å². The van der Waals surface area contributed by atoms with Gasteiger partial charge in [0.05, 0.1) is 17.2 Å². The molecule has 0 fully saturated rings. The van der Waals surface area contributed by atoms with Gasteiger partial charge in [0, 0.05) is 16.9 Å². The molecule has 7 nitrogen and oxygen atoms in total. The minimum atomic E-state index is -4.02. The number of carbonyl (C=O) groups excluding carboxylic acids is 2. The molecule has 0 aliphatic carbocycles. The summed E-state index contributed by atoms with van der Waals surface area (Å²) in [7, 11) is -4.02. The van der Waals surface area contributed by atoms with E-state index in [2.05, 4.69) is 10.0 Å². The Balaban J connectivity index is 1.83. The van der Waals surface area contributed by atoms with Crippen molar-refractivity contribution in [3.8, 4) is 0 Å². The number of sulfonamides is 1. The number of ether oxygens (including phenoxy) is 1. The minimum Gasteiger partial charge on any atom is -0.462 e. The standard InChI is InChI=1S/C22H19ClN2O5S/c1-2-30-22(27)16-7-6-10-18(13-16)24-21(26)15-11-12-19(23)20(14-15)31(28,29)25-17-8-4-3-5-9-17/h3-14,25H,2H2,1H3,(H,24,26). The lowest BCUT2D eigenvalue weighted by molar-refractivity contribution is 0.0526. The van der Waals surface area contributed by atoms with E-state index in [0.717, 1.165) is 0 Å². The van der Waals surface area contributed by atoms with Crippen molar-refractivity contribution in [2.24, 2.45) is 0 Å². The van der Waals surface area contributed by atoms with Gasteiger partial charge < -0.3 is 10.1 Å². The molecule has 0 spiro atoms. The van der Waals surface area contributed by atoms with Crippen molar-refractivity contribution >= 4 is 44.9 Å². The first-order valence-electron chi connectivity index (χ1n) is 9.26. The second-order valence-electron chi connectivity index (χ2n) is 6.37. The Bertz CT molecular complexity index is 1210. The maximum atomic E-state index is 12.8. The van der Waals surface area contributed by atoms with Crippen molar-refractivity contribution in [3.63, 3.8) is 0 Å². The van der Waals surface area contributed by atoms with E-state index in [4.69, 9.17) is 16.3 Å². The van der Waals surface area contributed by atoms with Gasteiger partial charge in [0.1, 0.15) is 4.90 Å². The zero-order valence-electron chi connectivity index (χ0n) is 16.5. The van der Waals surface area contributed by atoms with Crippen LogP contribution in [-0.2, 0) is 14.8 Å². The summed E-state index contributed by atoms with van der Waals surface area (Å²) in [5, 5.41) is 2.61. The average Bonchev–Trinajstić information content (AvgIpc) is 2.74. The fraction of sp³-hybridized carbons (Fsp3) is 0.0909. The van der Waals surface area contributed by atoms with Crippen LogP contribution in [0.4, 0.5) is 11.4 Å². The summed E-state index contributed by atoms with van der Waals surface area (Å²) in [6.45, 7) is 1.93. The van der Waals surface area contributed by atoms with Crippen LogP contribution in [0.15, 0.2) is 77.7 Å². The number of rotatable bonds is 7. The number of anilines is 2. The van der Waals surface area contributed by atoms with E-state index in [9.17, 15) is 18.0 Å². The Morgan fingerprint density at radius 1 is 0.903 bits per heavy atom. The second kappa shape index (κ2) is 9.63. The molecule has 3 aromatic rings. The molecule has 0 heterocycles. The maximum absolute atomic E-state index is 12.8. The SMILES string of the molecule is CCOC(=O)c1cccc(NC(=O)c2ccc(Cl)c(S(=O)(=O)Nc3ccccc3)c2)c1. The highest BCUT2D eigenvalue weighted by Gasteiger charge is 2.21. The summed E-state index contributed by atoms with van der Waals surface area (Å²) >= 11 is 6.09. The monoisotopic (exact) mass is 458 g/mol. The molecule has 1 amide bonds. The highest BCUT2D eigenvalue weighted by molar-refractivity contribution is 7.92. The molecule has 3 aromatic carbocycles. The number of halogens is 1. The average molecular weight is 459 g/mol. The highest BCUT2D eigenvalue weighted by Crippen LogP contribution is 2.25. The number of hydrogen-bond donors (Lipinski definition) is 2. The van der Waals surface area contributed by atoms with Crippen LogP contribution in [0.1, 0.15) is 27.6 Å². The first-order valence-corrected chi connectivity index (χ1v) is 11.1. The van der Waals surface area contributed by atoms with E-state index in [1.54, 1.807) is 55.5 Å². The van der Waals surface area contributed by atoms with Crippen molar-refractivity contribution in [1.82, 2.24) is 0 Å². The molecule has 0 saturated carbocycles. The fourth-order valence-corrected chi connectivity index (χ4v) is 4.29. The lowest BCUT2D eigenvalue weighted by Gasteiger charge is -2.12. The Labute approximate surface area is 185 Å². The number of esters is 1. The first-order chi connectivity index (χ1) is 14.8. The zero-order chi connectivity index (χ0) is 22.4. The van der Waals surface area contributed by atoms with Crippen LogP contribution in [-0.4, -0.2) is 26.9 Å². The quantitative estimate of drug-likeness (QED) is 0.505. The fourth-order valence-electron chi connectivity index (χ4n) is 2.71. The molecular formula is C22H19ClN2O5S. The molecular weight excluding hydrogens is 440 g/mol. The lowest BCUT2D eigenvalue weighted by Crippen LogP contribution is -2.16. The molecule has 0 aliphatic heterocycles. The summed E-state index contributed by atoms with van der Waals surface area (Å²) in [5.41, 5.74) is 1.09. The summed E-state index contributed by atoms with van der Waals surface area (Å²) in [4.78, 5) is 24.3. The van der Waals surface area contributed by atoms with E-state index in [1.165, 1.54) is 24.3 Å². The van der Waals surface area contributed by atoms with Gasteiger partial charge in [-0.15, -0.1) is 0 Å². The third-order valence-electron chi connectivity index (χ3n) is 4.14. The second-order valence-corrected chi connectivity index (χ2v) is 8.43. The van der Waals surface area contributed by atoms with Crippen molar-refractivity contribution in [2.75, 3.05) is 16.6 Å². The van der Waals surface area contributed by atoms with E-state index < -0.39 is 21.9 Å². The summed E-state index contributed by atoms with van der Waals surface area (Å²) in [5.74, 6) is -1.07. The molecule has 160 valence electrons. The van der Waals surface area contributed by atoms with Crippen molar-refractivity contribution in [3.05, 3.63) is 88.9 Å². The molecule has 0 bridgehead atoms. The van der Waals surface area contributed by atoms with Crippen LogP contribution < -0.4 is 10.0 Å². The zero-order valence-corrected chi connectivity index (χ0v) is 18.0. The smallest absolute Gasteiger partial charge is 0.338 e. The Morgan fingerprint density at radius 3 is 2.32 bits per heavy atom. The Hall–Kier alpha value is -3.36. The van der Waals surface area contributed by atoms with Crippen molar-refractivity contribution < 1.29 is 22.7 Å². The van der Waals surface area contributed by atoms with Gasteiger partial charge in [-0.2, -0.15) is 0 Å². The molecule has 31 heavy (non-hydrogen) atoms. The summed E-state index contributed by atoms with van der Waals surface area (Å²) in [6, 6.07) is 18.5. The molecule has 0 radical (unpaired) electrons. The maximum Gasteiger partial charge on any atom is 0.338 e. The van der Waals surface area contributed by atoms with Gasteiger partial charge in [0.2, 0.25) is 0 Å². The van der Waals surface area contributed by atoms with Crippen molar-refractivity contribution in [1.29, 1.82) is 0 Å². The van der Waals surface area contributed by atoms with Gasteiger partial charge in [0.25, 0.3) is 15.9 Å². The highest BCUT2D eigenvalue weighted by atomic mass is 35.5. The Kier molecular flexibility index (Phi) is 6.94. The largest absolute Gasteiger partial charge is 0.462 e. The van der Waals surface area contributed by atoms with Crippen LogP contribution in [0.2, 0.25) is 5.02 Å². The van der Waals surface area contributed by atoms with Crippen LogP contribution >= 0.6 is 11.6 Å². The number of carbonyl (C=O) groups is 2. The van der Waals surface area contributed by atoms with Crippen LogP contribution in [0.25, 0.3) is 0 Å². The van der Waals surface area contributed by atoms with E-state index in [1.807, 2.05) is 0 Å². The molecule has 0 aliphatic rings. The first kappa shape index (κ1) is 22.3. The third-order valence-corrected chi connectivity index (χ3v) is 6.00. The molecule has 0 atom stereocenters. The van der Waals surface area contributed by atoms with Crippen LogP contribution in [0, 0.1) is 0 Å². The molecule has 0 saturated heterocycles. The summed E-state index contributed by atoms with van der Waals surface area (Å²) < 4.78 is 32.9. The predicted octanol–water partition coefficient (Wildman–Crippen LogP) is 4.57. The van der Waals surface area contributed by atoms with E-state index in [-0.39, 0.29) is 27.7 Å².